The van der Waals surface area contributed by atoms with Crippen molar-refractivity contribution < 1.29 is 19.1 Å². The minimum Gasteiger partial charge on any atom is -0.462 e. The summed E-state index contributed by atoms with van der Waals surface area (Å²) in [5, 5.41) is 0. The van der Waals surface area contributed by atoms with E-state index in [1.54, 1.807) is 25.1 Å². The second kappa shape index (κ2) is 9.03. The Labute approximate surface area is 132 Å². The van der Waals surface area contributed by atoms with Crippen LogP contribution >= 0.6 is 0 Å². The van der Waals surface area contributed by atoms with Crippen LogP contribution in [0.2, 0.25) is 0 Å². The molecule has 4 nitrogen and oxygen atoms in total. The number of hydrogen-bond acceptors (Lipinski definition) is 4. The predicted octanol–water partition coefficient (Wildman–Crippen LogP) is 4.01. The number of carbonyl (C=O) groups is 2. The van der Waals surface area contributed by atoms with Crippen LogP contribution < -0.4 is 0 Å². The third-order valence-corrected chi connectivity index (χ3v) is 2.94. The zero-order valence-electron chi connectivity index (χ0n) is 13.6. The lowest BCUT2D eigenvalue weighted by molar-refractivity contribution is 0.0494. The lowest BCUT2D eigenvalue weighted by Crippen LogP contribution is -2.10. The number of benzene rings is 1. The van der Waals surface area contributed by atoms with Gasteiger partial charge in [0.25, 0.3) is 0 Å². The maximum Gasteiger partial charge on any atom is 0.338 e. The number of carbonyl (C=O) groups excluding carboxylic acids is 2. The van der Waals surface area contributed by atoms with E-state index in [1.807, 2.05) is 0 Å². The Morgan fingerprint density at radius 3 is 2.27 bits per heavy atom. The van der Waals surface area contributed by atoms with Gasteiger partial charge >= 0.3 is 11.9 Å². The highest BCUT2D eigenvalue weighted by molar-refractivity contribution is 5.95. The van der Waals surface area contributed by atoms with E-state index in [1.165, 1.54) is 6.07 Å². The number of rotatable bonds is 8. The number of hydrogen-bond donors (Lipinski definition) is 0. The molecule has 0 aliphatic carbocycles. The number of esters is 2. The van der Waals surface area contributed by atoms with Crippen LogP contribution in [-0.2, 0) is 9.47 Å². The molecule has 120 valence electrons. The molecule has 0 atom stereocenters. The molecule has 0 N–H and O–H groups in total. The molecule has 1 aromatic carbocycles. The summed E-state index contributed by atoms with van der Waals surface area (Å²) in [6, 6.07) is 6.37. The molecule has 0 fully saturated rings. The average molecular weight is 304 g/mol. The van der Waals surface area contributed by atoms with Gasteiger partial charge in [-0.25, -0.2) is 9.59 Å². The van der Waals surface area contributed by atoms with Gasteiger partial charge in [0.2, 0.25) is 0 Å². The van der Waals surface area contributed by atoms with Gasteiger partial charge in [0.1, 0.15) is 6.61 Å². The summed E-state index contributed by atoms with van der Waals surface area (Å²) in [5.41, 5.74) is 1.45. The summed E-state index contributed by atoms with van der Waals surface area (Å²) in [6.07, 6.45) is 1.85. The normalized spacial score (nSPS) is 10.4. The van der Waals surface area contributed by atoms with Gasteiger partial charge in [0, 0.05) is 0 Å². The molecule has 0 radical (unpaired) electrons. The summed E-state index contributed by atoms with van der Waals surface area (Å²) in [5.74, 6) is -0.305. The molecule has 0 unspecified atom stereocenters. The molecule has 0 saturated carbocycles. The predicted molar refractivity (Wildman–Crippen MR) is 85.9 cm³/mol. The summed E-state index contributed by atoms with van der Waals surface area (Å²) < 4.78 is 10.3. The topological polar surface area (TPSA) is 52.6 Å². The van der Waals surface area contributed by atoms with Crippen molar-refractivity contribution in [1.29, 1.82) is 0 Å². The molecule has 0 aliphatic heterocycles. The highest BCUT2D eigenvalue weighted by Gasteiger charge is 2.12. The van der Waals surface area contributed by atoms with Gasteiger partial charge in [-0.2, -0.15) is 0 Å². The molecule has 0 saturated heterocycles. The first kappa shape index (κ1) is 18.0. The Kier molecular flexibility index (Phi) is 7.37. The van der Waals surface area contributed by atoms with Crippen molar-refractivity contribution in [1.82, 2.24) is 0 Å². The van der Waals surface area contributed by atoms with E-state index in [4.69, 9.17) is 9.47 Å². The zero-order chi connectivity index (χ0) is 16.5. The van der Waals surface area contributed by atoms with Gasteiger partial charge in [-0.3, -0.25) is 0 Å². The van der Waals surface area contributed by atoms with Crippen LogP contribution in [0.25, 0.3) is 0 Å². The van der Waals surface area contributed by atoms with Crippen molar-refractivity contribution in [2.45, 2.75) is 33.6 Å². The fraction of sp³-hybridized carbons (Fsp3) is 0.444. The van der Waals surface area contributed by atoms with E-state index in [9.17, 15) is 9.59 Å². The molecular formula is C18H24O4. The highest BCUT2D eigenvalue weighted by Crippen LogP contribution is 2.10. The lowest BCUT2D eigenvalue weighted by Gasteiger charge is -2.08. The Bertz CT molecular complexity index is 532. The molecular weight excluding hydrogens is 280 g/mol. The maximum absolute atomic E-state index is 11.9. The minimum atomic E-state index is -0.475. The van der Waals surface area contributed by atoms with Gasteiger partial charge in [0.05, 0.1) is 17.7 Å². The van der Waals surface area contributed by atoms with E-state index in [0.29, 0.717) is 23.7 Å². The summed E-state index contributed by atoms with van der Waals surface area (Å²) in [6.45, 7) is 10.3. The van der Waals surface area contributed by atoms with Crippen molar-refractivity contribution >= 4 is 11.9 Å². The van der Waals surface area contributed by atoms with Gasteiger partial charge in [-0.1, -0.05) is 26.5 Å². The summed E-state index contributed by atoms with van der Waals surface area (Å²) in [7, 11) is 0. The van der Waals surface area contributed by atoms with Gasteiger partial charge < -0.3 is 9.47 Å². The van der Waals surface area contributed by atoms with E-state index in [0.717, 1.165) is 18.4 Å². The second-order valence-electron chi connectivity index (χ2n) is 5.79. The van der Waals surface area contributed by atoms with Crippen molar-refractivity contribution in [3.05, 3.63) is 47.5 Å². The van der Waals surface area contributed by atoms with E-state index in [-0.39, 0.29) is 6.61 Å². The maximum atomic E-state index is 11.9. The van der Waals surface area contributed by atoms with E-state index < -0.39 is 11.9 Å². The molecule has 1 rings (SSSR count). The van der Waals surface area contributed by atoms with Crippen LogP contribution in [0.15, 0.2) is 36.4 Å². The first-order chi connectivity index (χ1) is 10.4. The smallest absolute Gasteiger partial charge is 0.338 e. The standard InChI is InChI=1S/C18H24O4/c1-13(2)7-6-10-21-17(19)15-8-5-9-16(11-15)18(20)22-12-14(3)4/h5,8-9,11,13H,3,6-7,10,12H2,1-2,4H3. The van der Waals surface area contributed by atoms with E-state index >= 15 is 0 Å². The third kappa shape index (κ3) is 6.57. The SMILES string of the molecule is C=C(C)COC(=O)c1cccc(C(=O)OCCCC(C)C)c1. The molecule has 0 heterocycles. The summed E-state index contributed by atoms with van der Waals surface area (Å²) >= 11 is 0. The molecule has 0 aliphatic rings. The van der Waals surface area contributed by atoms with Gasteiger partial charge in [-0.05, 0) is 49.5 Å². The minimum absolute atomic E-state index is 0.169. The van der Waals surface area contributed by atoms with Gasteiger partial charge in [-0.15, -0.1) is 0 Å². The molecule has 1 aromatic rings. The van der Waals surface area contributed by atoms with Crippen LogP contribution in [0, 0.1) is 5.92 Å². The molecule has 22 heavy (non-hydrogen) atoms. The Hall–Kier alpha value is -2.10. The quantitative estimate of drug-likeness (QED) is 0.413. The van der Waals surface area contributed by atoms with Gasteiger partial charge in [0.15, 0.2) is 0 Å². The van der Waals surface area contributed by atoms with Crippen LogP contribution in [0.4, 0.5) is 0 Å². The fourth-order valence-electron chi connectivity index (χ4n) is 1.78. The van der Waals surface area contributed by atoms with Crippen molar-refractivity contribution in [2.24, 2.45) is 5.92 Å². The first-order valence-electron chi connectivity index (χ1n) is 7.49. The largest absolute Gasteiger partial charge is 0.462 e. The molecule has 0 spiro atoms. The molecule has 0 bridgehead atoms. The Balaban J connectivity index is 2.57. The van der Waals surface area contributed by atoms with Crippen LogP contribution in [0.3, 0.4) is 0 Å². The molecule has 0 aromatic heterocycles. The van der Waals surface area contributed by atoms with E-state index in [2.05, 4.69) is 20.4 Å². The summed E-state index contributed by atoms with van der Waals surface area (Å²) in [4.78, 5) is 23.8. The molecule has 4 heteroatoms. The monoisotopic (exact) mass is 304 g/mol. The van der Waals surface area contributed by atoms with Crippen molar-refractivity contribution in [3.63, 3.8) is 0 Å². The third-order valence-electron chi connectivity index (χ3n) is 2.94. The zero-order valence-corrected chi connectivity index (χ0v) is 13.6. The fourth-order valence-corrected chi connectivity index (χ4v) is 1.78. The number of ether oxygens (including phenoxy) is 2. The average Bonchev–Trinajstić information content (AvgIpc) is 2.48. The molecule has 0 amide bonds. The second-order valence-corrected chi connectivity index (χ2v) is 5.79. The Morgan fingerprint density at radius 1 is 1.14 bits per heavy atom. The highest BCUT2D eigenvalue weighted by atomic mass is 16.5. The van der Waals surface area contributed by atoms with Crippen molar-refractivity contribution in [2.75, 3.05) is 13.2 Å². The first-order valence-corrected chi connectivity index (χ1v) is 7.49. The lowest BCUT2D eigenvalue weighted by atomic mass is 10.1. The Morgan fingerprint density at radius 2 is 1.73 bits per heavy atom. The van der Waals surface area contributed by atoms with Crippen LogP contribution in [-0.4, -0.2) is 25.2 Å². The van der Waals surface area contributed by atoms with Crippen LogP contribution in [0.5, 0.6) is 0 Å². The van der Waals surface area contributed by atoms with Crippen LogP contribution in [0.1, 0.15) is 54.3 Å². The van der Waals surface area contributed by atoms with Crippen molar-refractivity contribution in [3.8, 4) is 0 Å².